The van der Waals surface area contributed by atoms with E-state index in [9.17, 15) is 0 Å². The van der Waals surface area contributed by atoms with Crippen LogP contribution in [0.2, 0.25) is 0 Å². The first-order valence-corrected chi connectivity index (χ1v) is 5.27. The number of rotatable bonds is 0. The van der Waals surface area contributed by atoms with Crippen LogP contribution in [-0.2, 0) is 0 Å². The van der Waals surface area contributed by atoms with Gasteiger partial charge in [-0.05, 0) is 23.3 Å². The Bertz CT molecular complexity index is 480. The van der Waals surface area contributed by atoms with Crippen molar-refractivity contribution < 1.29 is 0 Å². The van der Waals surface area contributed by atoms with Crippen LogP contribution in [0.3, 0.4) is 0 Å². The summed E-state index contributed by atoms with van der Waals surface area (Å²) in [7, 11) is 0. The molecule has 0 aromatic heterocycles. The Labute approximate surface area is 89.6 Å². The van der Waals surface area contributed by atoms with Crippen LogP contribution in [0.1, 0.15) is 17.0 Å². The molecule has 0 aliphatic heterocycles. The molecule has 0 saturated carbocycles. The zero-order valence-corrected chi connectivity index (χ0v) is 8.43. The van der Waals surface area contributed by atoms with Gasteiger partial charge in [-0.1, -0.05) is 42.5 Å². The number of fused-ring (bicyclic) bond motifs is 3. The van der Waals surface area contributed by atoms with Crippen LogP contribution in [-0.4, -0.2) is 0 Å². The normalized spacial score (nSPS) is 26.1. The van der Waals surface area contributed by atoms with E-state index in [1.165, 1.54) is 11.1 Å². The summed E-state index contributed by atoms with van der Waals surface area (Å²) in [5.74, 6) is 1.02. The molecule has 3 rings (SSSR count). The molecule has 0 radical (unpaired) electrons. The van der Waals surface area contributed by atoms with Crippen molar-refractivity contribution in [2.75, 3.05) is 5.73 Å². The second kappa shape index (κ2) is 3.13. The molecule has 1 nitrogen and oxygen atoms in total. The standard InChI is InChI=1S/C14H13N/c15-12-7-8-14-11(9-12)6-5-10-3-1-2-4-13(10)14/h1-10,13H,15H2. The summed E-state index contributed by atoms with van der Waals surface area (Å²) in [4.78, 5) is 0. The van der Waals surface area contributed by atoms with Crippen molar-refractivity contribution in [3.63, 3.8) is 0 Å². The Kier molecular flexibility index (Phi) is 1.78. The van der Waals surface area contributed by atoms with E-state index in [0.29, 0.717) is 11.8 Å². The first-order valence-electron chi connectivity index (χ1n) is 5.27. The molecule has 2 N–H and O–H groups in total. The minimum absolute atomic E-state index is 0.496. The third-order valence-corrected chi connectivity index (χ3v) is 3.15. The molecule has 0 spiro atoms. The largest absolute Gasteiger partial charge is 0.399 e. The second-order valence-electron chi connectivity index (χ2n) is 4.12. The molecule has 1 aromatic rings. The summed E-state index contributed by atoms with van der Waals surface area (Å²) in [5.41, 5.74) is 9.27. The number of nitrogens with two attached hydrogens (primary N) is 1. The second-order valence-corrected chi connectivity index (χ2v) is 4.12. The predicted molar refractivity (Wildman–Crippen MR) is 64.4 cm³/mol. The van der Waals surface area contributed by atoms with Crippen molar-refractivity contribution in [2.45, 2.75) is 5.92 Å². The molecule has 2 aliphatic carbocycles. The summed E-state index contributed by atoms with van der Waals surface area (Å²) in [6.45, 7) is 0. The van der Waals surface area contributed by atoms with Crippen LogP contribution in [0, 0.1) is 5.92 Å². The zero-order valence-electron chi connectivity index (χ0n) is 8.43. The number of anilines is 1. The van der Waals surface area contributed by atoms with E-state index in [4.69, 9.17) is 5.73 Å². The van der Waals surface area contributed by atoms with Gasteiger partial charge in [-0.3, -0.25) is 0 Å². The third kappa shape index (κ3) is 1.32. The van der Waals surface area contributed by atoms with Gasteiger partial charge in [0, 0.05) is 17.5 Å². The first kappa shape index (κ1) is 8.54. The fourth-order valence-electron chi connectivity index (χ4n) is 2.38. The van der Waals surface area contributed by atoms with Gasteiger partial charge >= 0.3 is 0 Å². The molecule has 15 heavy (non-hydrogen) atoms. The Balaban J connectivity index is 2.14. The van der Waals surface area contributed by atoms with Crippen molar-refractivity contribution in [1.29, 1.82) is 0 Å². The molecular weight excluding hydrogens is 182 g/mol. The lowest BCUT2D eigenvalue weighted by Crippen LogP contribution is -2.13. The zero-order chi connectivity index (χ0) is 10.3. The van der Waals surface area contributed by atoms with Gasteiger partial charge in [0.25, 0.3) is 0 Å². The summed E-state index contributed by atoms with van der Waals surface area (Å²) in [6.07, 6.45) is 13.2. The molecule has 2 aliphatic rings. The van der Waals surface area contributed by atoms with Crippen LogP contribution in [0.25, 0.3) is 6.08 Å². The molecule has 74 valence electrons. The molecule has 2 atom stereocenters. The molecule has 0 fully saturated rings. The number of benzene rings is 1. The lowest BCUT2D eigenvalue weighted by molar-refractivity contribution is 0.692. The Morgan fingerprint density at radius 3 is 2.80 bits per heavy atom. The Morgan fingerprint density at radius 1 is 1.00 bits per heavy atom. The molecule has 0 bridgehead atoms. The van der Waals surface area contributed by atoms with E-state index < -0.39 is 0 Å². The molecule has 2 unspecified atom stereocenters. The van der Waals surface area contributed by atoms with Crippen LogP contribution >= 0.6 is 0 Å². The van der Waals surface area contributed by atoms with Crippen LogP contribution in [0.5, 0.6) is 0 Å². The monoisotopic (exact) mass is 195 g/mol. The van der Waals surface area contributed by atoms with E-state index >= 15 is 0 Å². The molecule has 0 saturated heterocycles. The predicted octanol–water partition coefficient (Wildman–Crippen LogP) is 3.12. The van der Waals surface area contributed by atoms with E-state index in [-0.39, 0.29) is 0 Å². The van der Waals surface area contributed by atoms with Gasteiger partial charge in [-0.2, -0.15) is 0 Å². The van der Waals surface area contributed by atoms with Crippen molar-refractivity contribution >= 4 is 11.8 Å². The van der Waals surface area contributed by atoms with Crippen molar-refractivity contribution in [3.05, 3.63) is 59.7 Å². The van der Waals surface area contributed by atoms with E-state index in [2.05, 4.69) is 42.5 Å². The van der Waals surface area contributed by atoms with E-state index in [1.807, 2.05) is 12.1 Å². The van der Waals surface area contributed by atoms with E-state index in [0.717, 1.165) is 5.69 Å². The van der Waals surface area contributed by atoms with Crippen LogP contribution < -0.4 is 5.73 Å². The first-order chi connectivity index (χ1) is 7.34. The third-order valence-electron chi connectivity index (χ3n) is 3.15. The van der Waals surface area contributed by atoms with Gasteiger partial charge in [0.2, 0.25) is 0 Å². The Hall–Kier alpha value is -1.76. The SMILES string of the molecule is Nc1ccc2c(c1)C=CC1C=CC=CC21. The van der Waals surface area contributed by atoms with Crippen molar-refractivity contribution in [2.24, 2.45) is 5.92 Å². The number of allylic oxidation sites excluding steroid dienone is 5. The smallest absolute Gasteiger partial charge is 0.0320 e. The molecular formula is C14H13N. The average molecular weight is 195 g/mol. The maximum absolute atomic E-state index is 5.78. The minimum atomic E-state index is 0.496. The highest BCUT2D eigenvalue weighted by atomic mass is 14.5. The Morgan fingerprint density at radius 2 is 1.87 bits per heavy atom. The molecule has 1 aromatic carbocycles. The molecule has 0 heterocycles. The lowest BCUT2D eigenvalue weighted by atomic mass is 9.77. The summed E-state index contributed by atoms with van der Waals surface area (Å²) in [5, 5.41) is 0. The van der Waals surface area contributed by atoms with Crippen molar-refractivity contribution in [3.8, 4) is 0 Å². The van der Waals surface area contributed by atoms with E-state index in [1.54, 1.807) is 0 Å². The summed E-state index contributed by atoms with van der Waals surface area (Å²) >= 11 is 0. The average Bonchev–Trinajstić information content (AvgIpc) is 2.28. The van der Waals surface area contributed by atoms with Crippen LogP contribution in [0.4, 0.5) is 5.69 Å². The van der Waals surface area contributed by atoms with Gasteiger partial charge in [0.1, 0.15) is 0 Å². The van der Waals surface area contributed by atoms with Gasteiger partial charge < -0.3 is 5.73 Å². The van der Waals surface area contributed by atoms with Gasteiger partial charge in [0.15, 0.2) is 0 Å². The van der Waals surface area contributed by atoms with Gasteiger partial charge in [-0.15, -0.1) is 0 Å². The van der Waals surface area contributed by atoms with Gasteiger partial charge in [0.05, 0.1) is 0 Å². The minimum Gasteiger partial charge on any atom is -0.399 e. The quantitative estimate of drug-likeness (QED) is 0.632. The fourth-order valence-corrected chi connectivity index (χ4v) is 2.38. The summed E-state index contributed by atoms with van der Waals surface area (Å²) in [6, 6.07) is 6.19. The van der Waals surface area contributed by atoms with Crippen LogP contribution in [0.15, 0.2) is 48.6 Å². The maximum atomic E-state index is 5.78. The fraction of sp³-hybridized carbons (Fsp3) is 0.143. The lowest BCUT2D eigenvalue weighted by Gasteiger charge is -2.27. The highest BCUT2D eigenvalue weighted by Gasteiger charge is 2.23. The molecule has 1 heteroatoms. The number of hydrogen-bond acceptors (Lipinski definition) is 1. The highest BCUT2D eigenvalue weighted by Crippen LogP contribution is 2.38. The topological polar surface area (TPSA) is 26.0 Å². The maximum Gasteiger partial charge on any atom is 0.0320 e. The highest BCUT2D eigenvalue weighted by molar-refractivity contribution is 5.64. The number of hydrogen-bond donors (Lipinski definition) is 1. The molecule has 0 amide bonds. The number of nitrogen functional groups attached to an aromatic ring is 1. The summed E-state index contributed by atoms with van der Waals surface area (Å²) < 4.78 is 0. The van der Waals surface area contributed by atoms with Crippen molar-refractivity contribution in [1.82, 2.24) is 0 Å². The van der Waals surface area contributed by atoms with Gasteiger partial charge in [-0.25, -0.2) is 0 Å².